The van der Waals surface area contributed by atoms with Gasteiger partial charge < -0.3 is 14.6 Å². The van der Waals surface area contributed by atoms with Gasteiger partial charge in [0.05, 0.1) is 24.2 Å². The van der Waals surface area contributed by atoms with E-state index >= 15 is 0 Å². The van der Waals surface area contributed by atoms with E-state index in [0.29, 0.717) is 42.6 Å². The molecule has 0 bridgehead atoms. The fraction of sp³-hybridized carbons (Fsp3) is 0.500. The topological polar surface area (TPSA) is 59.4 Å². The molecule has 0 spiro atoms. The molecule has 25 heavy (non-hydrogen) atoms. The molecule has 136 valence electrons. The smallest absolute Gasteiger partial charge is 0.291 e. The first-order valence-corrected chi connectivity index (χ1v) is 8.98. The van der Waals surface area contributed by atoms with Crippen LogP contribution in [0.3, 0.4) is 0 Å². The predicted molar refractivity (Wildman–Crippen MR) is 91.9 cm³/mol. The quantitative estimate of drug-likeness (QED) is 0.753. The number of aromatic nitrogens is 2. The van der Waals surface area contributed by atoms with Crippen LogP contribution in [0.1, 0.15) is 0 Å². The van der Waals surface area contributed by atoms with Crippen LogP contribution < -0.4 is 5.32 Å². The SMILES string of the molecule is O=C(Cn1c(SC(F)F)nc2ccccc21)NCCN1CCOCC1. The maximum atomic E-state index is 12.8. The Hall–Kier alpha value is -1.71. The van der Waals surface area contributed by atoms with Crippen molar-refractivity contribution in [3.63, 3.8) is 0 Å². The van der Waals surface area contributed by atoms with Crippen molar-refractivity contribution in [3.05, 3.63) is 24.3 Å². The van der Waals surface area contributed by atoms with Gasteiger partial charge in [0.25, 0.3) is 5.76 Å². The number of halogens is 2. The van der Waals surface area contributed by atoms with Gasteiger partial charge in [-0.2, -0.15) is 8.78 Å². The number of hydrogen-bond acceptors (Lipinski definition) is 5. The lowest BCUT2D eigenvalue weighted by atomic mass is 10.3. The lowest BCUT2D eigenvalue weighted by Gasteiger charge is -2.26. The van der Waals surface area contributed by atoms with Crippen molar-refractivity contribution in [2.75, 3.05) is 39.4 Å². The lowest BCUT2D eigenvalue weighted by Crippen LogP contribution is -2.41. The van der Waals surface area contributed by atoms with E-state index in [-0.39, 0.29) is 17.6 Å². The van der Waals surface area contributed by atoms with Crippen LogP contribution in [-0.4, -0.2) is 65.5 Å². The third-order valence-electron chi connectivity index (χ3n) is 3.97. The lowest BCUT2D eigenvalue weighted by molar-refractivity contribution is -0.121. The normalized spacial score (nSPS) is 15.8. The number of hydrogen-bond donors (Lipinski definition) is 1. The zero-order valence-corrected chi connectivity index (χ0v) is 14.5. The van der Waals surface area contributed by atoms with Gasteiger partial charge in [-0.15, -0.1) is 0 Å². The second-order valence-electron chi connectivity index (χ2n) is 5.65. The van der Waals surface area contributed by atoms with E-state index in [0.717, 1.165) is 19.6 Å². The van der Waals surface area contributed by atoms with E-state index in [1.54, 1.807) is 24.3 Å². The van der Waals surface area contributed by atoms with Crippen LogP contribution in [0.15, 0.2) is 29.4 Å². The van der Waals surface area contributed by atoms with Gasteiger partial charge in [-0.05, 0) is 23.9 Å². The van der Waals surface area contributed by atoms with Crippen molar-refractivity contribution in [1.29, 1.82) is 0 Å². The average Bonchev–Trinajstić information content (AvgIpc) is 2.92. The van der Waals surface area contributed by atoms with E-state index < -0.39 is 5.76 Å². The third kappa shape index (κ3) is 4.90. The molecule has 2 heterocycles. The molecule has 1 fully saturated rings. The highest BCUT2D eigenvalue weighted by atomic mass is 32.2. The van der Waals surface area contributed by atoms with Gasteiger partial charge in [-0.3, -0.25) is 9.69 Å². The summed E-state index contributed by atoms with van der Waals surface area (Å²) in [4.78, 5) is 18.7. The van der Waals surface area contributed by atoms with E-state index in [1.807, 2.05) is 0 Å². The number of thioether (sulfide) groups is 1. The number of para-hydroxylation sites is 2. The second kappa shape index (κ2) is 8.59. The number of benzene rings is 1. The van der Waals surface area contributed by atoms with Gasteiger partial charge in [0.15, 0.2) is 5.16 Å². The minimum Gasteiger partial charge on any atom is -0.379 e. The molecule has 0 radical (unpaired) electrons. The Bertz CT molecular complexity index is 719. The van der Waals surface area contributed by atoms with E-state index in [1.165, 1.54) is 4.57 Å². The predicted octanol–water partition coefficient (Wildman–Crippen LogP) is 1.80. The zero-order valence-electron chi connectivity index (χ0n) is 13.7. The summed E-state index contributed by atoms with van der Waals surface area (Å²) in [6, 6.07) is 7.11. The maximum Gasteiger partial charge on any atom is 0.291 e. The highest BCUT2D eigenvalue weighted by molar-refractivity contribution is 7.99. The number of morpholine rings is 1. The standard InChI is InChI=1S/C16H20F2N4O2S/c17-15(18)25-16-20-12-3-1-2-4-13(12)22(16)11-14(23)19-5-6-21-7-9-24-10-8-21/h1-4,15H,5-11H2,(H,19,23). The summed E-state index contributed by atoms with van der Waals surface area (Å²) >= 11 is 0.356. The Labute approximate surface area is 148 Å². The number of carbonyl (C=O) groups is 1. The number of imidazole rings is 1. The van der Waals surface area contributed by atoms with Crippen LogP contribution in [0.2, 0.25) is 0 Å². The number of nitrogens with zero attached hydrogens (tertiary/aromatic N) is 3. The molecule has 1 aromatic heterocycles. The molecule has 3 rings (SSSR count). The fourth-order valence-corrected chi connectivity index (χ4v) is 3.35. The number of carbonyl (C=O) groups excluding carboxylic acids is 1. The number of ether oxygens (including phenoxy) is 1. The summed E-state index contributed by atoms with van der Waals surface area (Å²) in [5.41, 5.74) is 1.28. The van der Waals surface area contributed by atoms with Gasteiger partial charge in [-0.1, -0.05) is 12.1 Å². The Kier molecular flexibility index (Phi) is 6.22. The minimum atomic E-state index is -2.58. The summed E-state index contributed by atoms with van der Waals surface area (Å²) in [5, 5.41) is 3.00. The van der Waals surface area contributed by atoms with Crippen molar-refractivity contribution in [2.24, 2.45) is 0 Å². The largest absolute Gasteiger partial charge is 0.379 e. The molecule has 9 heteroatoms. The van der Waals surface area contributed by atoms with Gasteiger partial charge in [-0.25, -0.2) is 4.98 Å². The molecule has 1 aliphatic rings. The number of fused-ring (bicyclic) bond motifs is 1. The molecule has 1 N–H and O–H groups in total. The van der Waals surface area contributed by atoms with Crippen molar-refractivity contribution in [1.82, 2.24) is 19.8 Å². The Morgan fingerprint density at radius 3 is 2.84 bits per heavy atom. The summed E-state index contributed by atoms with van der Waals surface area (Å²) in [5.74, 6) is -2.80. The van der Waals surface area contributed by atoms with Crippen molar-refractivity contribution < 1.29 is 18.3 Å². The minimum absolute atomic E-state index is 0.0291. The van der Waals surface area contributed by atoms with Gasteiger partial charge in [0.2, 0.25) is 5.91 Å². The van der Waals surface area contributed by atoms with Crippen molar-refractivity contribution >= 4 is 28.7 Å². The molecular weight excluding hydrogens is 350 g/mol. The van der Waals surface area contributed by atoms with Gasteiger partial charge in [0.1, 0.15) is 6.54 Å². The maximum absolute atomic E-state index is 12.8. The highest BCUT2D eigenvalue weighted by Gasteiger charge is 2.18. The molecule has 1 saturated heterocycles. The fourth-order valence-electron chi connectivity index (χ4n) is 2.75. The van der Waals surface area contributed by atoms with Crippen molar-refractivity contribution in [3.8, 4) is 0 Å². The Morgan fingerprint density at radius 1 is 1.32 bits per heavy atom. The molecule has 1 aliphatic heterocycles. The van der Waals surface area contributed by atoms with Crippen LogP contribution in [0.4, 0.5) is 8.78 Å². The molecule has 0 saturated carbocycles. The first kappa shape index (κ1) is 18.1. The van der Waals surface area contributed by atoms with Crippen LogP contribution in [0.25, 0.3) is 11.0 Å². The molecule has 0 unspecified atom stereocenters. The molecule has 6 nitrogen and oxygen atoms in total. The van der Waals surface area contributed by atoms with Crippen LogP contribution in [-0.2, 0) is 16.1 Å². The van der Waals surface area contributed by atoms with E-state index in [9.17, 15) is 13.6 Å². The monoisotopic (exact) mass is 370 g/mol. The van der Waals surface area contributed by atoms with E-state index in [4.69, 9.17) is 4.74 Å². The first-order valence-electron chi connectivity index (χ1n) is 8.10. The van der Waals surface area contributed by atoms with Crippen LogP contribution >= 0.6 is 11.8 Å². The number of nitrogens with one attached hydrogen (secondary N) is 1. The summed E-state index contributed by atoms with van der Waals surface area (Å²) in [6.07, 6.45) is 0. The Morgan fingerprint density at radius 2 is 2.08 bits per heavy atom. The number of alkyl halides is 2. The molecule has 1 amide bonds. The molecular formula is C16H20F2N4O2S. The van der Waals surface area contributed by atoms with Gasteiger partial charge >= 0.3 is 0 Å². The zero-order chi connectivity index (χ0) is 17.6. The third-order valence-corrected chi connectivity index (χ3v) is 4.67. The summed E-state index contributed by atoms with van der Waals surface area (Å²) in [6.45, 7) is 4.38. The number of rotatable bonds is 7. The first-order chi connectivity index (χ1) is 12.1. The summed E-state index contributed by atoms with van der Waals surface area (Å²) in [7, 11) is 0. The summed E-state index contributed by atoms with van der Waals surface area (Å²) < 4.78 is 32.4. The van der Waals surface area contributed by atoms with Crippen LogP contribution in [0, 0.1) is 0 Å². The molecule has 0 atom stereocenters. The number of amides is 1. The van der Waals surface area contributed by atoms with Crippen molar-refractivity contribution in [2.45, 2.75) is 17.5 Å². The molecule has 2 aromatic rings. The van der Waals surface area contributed by atoms with Gasteiger partial charge in [0, 0.05) is 26.2 Å². The Balaban J connectivity index is 1.61. The molecule has 1 aromatic carbocycles. The van der Waals surface area contributed by atoms with E-state index in [2.05, 4.69) is 15.2 Å². The van der Waals surface area contributed by atoms with Crippen LogP contribution in [0.5, 0.6) is 0 Å². The second-order valence-corrected chi connectivity index (χ2v) is 6.61. The molecule has 0 aliphatic carbocycles. The highest BCUT2D eigenvalue weighted by Crippen LogP contribution is 2.28. The average molecular weight is 370 g/mol.